The van der Waals surface area contributed by atoms with E-state index < -0.39 is 0 Å². The number of amides is 1. The summed E-state index contributed by atoms with van der Waals surface area (Å²) in [5.41, 5.74) is 2.20. The summed E-state index contributed by atoms with van der Waals surface area (Å²) in [5.74, 6) is 0.216. The Hall–Kier alpha value is -2.99. The molecule has 0 aromatic heterocycles. The van der Waals surface area contributed by atoms with Crippen molar-refractivity contribution in [2.45, 2.75) is 0 Å². The van der Waals surface area contributed by atoms with Gasteiger partial charge in [-0.15, -0.1) is 0 Å². The number of hydrogen-bond acceptors (Lipinski definition) is 4. The van der Waals surface area contributed by atoms with E-state index in [2.05, 4.69) is 6.58 Å². The molecule has 0 atom stereocenters. The van der Waals surface area contributed by atoms with Crippen molar-refractivity contribution in [3.8, 4) is 5.75 Å². The molecule has 1 saturated heterocycles. The van der Waals surface area contributed by atoms with Crippen molar-refractivity contribution >= 4 is 63.5 Å². The minimum Gasteiger partial charge on any atom is -0.486 e. The number of hydrogen-bond donors (Lipinski definition) is 0. The number of amidine groups is 1. The number of benzene rings is 3. The fraction of sp³-hybridized carbons (Fsp3) is 0.0400. The second-order valence-corrected chi connectivity index (χ2v) is 8.55. The smallest absolute Gasteiger partial charge is 0.271 e. The maximum atomic E-state index is 13.3. The first-order valence-corrected chi connectivity index (χ1v) is 11.3. The largest absolute Gasteiger partial charge is 0.486 e. The summed E-state index contributed by atoms with van der Waals surface area (Å²) in [6.45, 7) is 3.91. The zero-order valence-corrected chi connectivity index (χ0v) is 19.2. The Morgan fingerprint density at radius 3 is 2.25 bits per heavy atom. The fourth-order valence-electron chi connectivity index (χ4n) is 3.06. The lowest BCUT2D eigenvalue weighted by molar-refractivity contribution is -0.113. The van der Waals surface area contributed by atoms with Gasteiger partial charge < -0.3 is 4.74 Å². The van der Waals surface area contributed by atoms with Crippen LogP contribution in [0.1, 0.15) is 5.56 Å². The summed E-state index contributed by atoms with van der Waals surface area (Å²) < 4.78 is 5.52. The number of carbonyl (C=O) groups excluding carboxylic acids is 1. The second-order valence-electron chi connectivity index (χ2n) is 6.73. The quantitative estimate of drug-likeness (QED) is 0.273. The Kier molecular flexibility index (Phi) is 7.00. The highest BCUT2D eigenvalue weighted by molar-refractivity contribution is 8.19. The van der Waals surface area contributed by atoms with Gasteiger partial charge in [-0.2, -0.15) is 0 Å². The molecular weight excluding hydrogens is 463 g/mol. The zero-order valence-electron chi connectivity index (χ0n) is 16.9. The van der Waals surface area contributed by atoms with E-state index in [0.717, 1.165) is 11.4 Å². The summed E-state index contributed by atoms with van der Waals surface area (Å²) >= 11 is 14.0. The van der Waals surface area contributed by atoms with Crippen LogP contribution >= 0.6 is 35.0 Å². The van der Waals surface area contributed by atoms with Crippen LogP contribution in [-0.2, 0) is 4.79 Å². The highest BCUT2D eigenvalue weighted by Crippen LogP contribution is 2.39. The molecule has 3 aromatic carbocycles. The maximum Gasteiger partial charge on any atom is 0.271 e. The van der Waals surface area contributed by atoms with Crippen LogP contribution in [0.5, 0.6) is 5.75 Å². The molecule has 0 unspecified atom stereocenters. The van der Waals surface area contributed by atoms with Gasteiger partial charge in [-0.3, -0.25) is 9.69 Å². The van der Waals surface area contributed by atoms with Gasteiger partial charge in [0.25, 0.3) is 5.91 Å². The van der Waals surface area contributed by atoms with Crippen molar-refractivity contribution in [3.63, 3.8) is 0 Å². The molecule has 1 heterocycles. The fourth-order valence-corrected chi connectivity index (χ4v) is 4.67. The number of thioether (sulfide) groups is 1. The molecule has 0 spiro atoms. The maximum absolute atomic E-state index is 13.3. The average molecular weight is 481 g/mol. The molecule has 1 aliphatic heterocycles. The van der Waals surface area contributed by atoms with Crippen LogP contribution in [0, 0.1) is 0 Å². The summed E-state index contributed by atoms with van der Waals surface area (Å²) in [6, 6.07) is 22.4. The Labute approximate surface area is 200 Å². The van der Waals surface area contributed by atoms with E-state index in [1.807, 2.05) is 60.7 Å². The average Bonchev–Trinajstić information content (AvgIpc) is 3.09. The van der Waals surface area contributed by atoms with Crippen LogP contribution in [0.3, 0.4) is 0 Å². The van der Waals surface area contributed by atoms with Crippen LogP contribution in [0.4, 0.5) is 11.4 Å². The topological polar surface area (TPSA) is 41.9 Å². The summed E-state index contributed by atoms with van der Waals surface area (Å²) in [6.07, 6.45) is 3.37. The lowest BCUT2D eigenvalue weighted by Gasteiger charge is -2.15. The summed E-state index contributed by atoms with van der Waals surface area (Å²) in [5, 5.41) is 1.29. The van der Waals surface area contributed by atoms with Gasteiger partial charge in [0.05, 0.1) is 26.3 Å². The van der Waals surface area contributed by atoms with Crippen molar-refractivity contribution in [2.24, 2.45) is 4.99 Å². The van der Waals surface area contributed by atoms with Gasteiger partial charge in [-0.05, 0) is 59.8 Å². The zero-order chi connectivity index (χ0) is 22.5. The first kappa shape index (κ1) is 22.2. The molecule has 4 nitrogen and oxygen atoms in total. The molecule has 0 aliphatic carbocycles. The SMILES string of the molecule is C=CCOc1c(Cl)cc(/C=C2/SC(=Nc3ccccc3)N(c3ccccc3)C2=O)cc1Cl. The van der Waals surface area contributed by atoms with Gasteiger partial charge in [0, 0.05) is 0 Å². The molecule has 1 amide bonds. The number of anilines is 1. The number of carbonyl (C=O) groups is 1. The number of para-hydroxylation sites is 2. The Morgan fingerprint density at radius 1 is 1.00 bits per heavy atom. The number of ether oxygens (including phenoxy) is 1. The highest BCUT2D eigenvalue weighted by Gasteiger charge is 2.34. The molecule has 1 aliphatic rings. The minimum atomic E-state index is -0.171. The van der Waals surface area contributed by atoms with Crippen molar-refractivity contribution in [3.05, 3.63) is 106 Å². The molecule has 7 heteroatoms. The first-order chi connectivity index (χ1) is 15.6. The van der Waals surface area contributed by atoms with E-state index in [9.17, 15) is 4.79 Å². The van der Waals surface area contributed by atoms with Gasteiger partial charge in [-0.25, -0.2) is 4.99 Å². The third-order valence-electron chi connectivity index (χ3n) is 4.47. The van der Waals surface area contributed by atoms with Crippen LogP contribution in [-0.4, -0.2) is 17.7 Å². The molecule has 0 bridgehead atoms. The molecule has 3 aromatic rings. The van der Waals surface area contributed by atoms with Gasteiger partial charge in [0.2, 0.25) is 0 Å². The summed E-state index contributed by atoms with van der Waals surface area (Å²) in [4.78, 5) is 20.2. The van der Waals surface area contributed by atoms with Crippen LogP contribution in [0.15, 0.2) is 95.3 Å². The molecule has 160 valence electrons. The lowest BCUT2D eigenvalue weighted by Crippen LogP contribution is -2.28. The normalized spacial score (nSPS) is 16.1. The molecule has 0 N–H and O–H groups in total. The van der Waals surface area contributed by atoms with Crippen molar-refractivity contribution in [1.82, 2.24) is 0 Å². The van der Waals surface area contributed by atoms with Gasteiger partial charge in [0.1, 0.15) is 6.61 Å². The van der Waals surface area contributed by atoms with Crippen molar-refractivity contribution in [2.75, 3.05) is 11.5 Å². The summed E-state index contributed by atoms with van der Waals surface area (Å²) in [7, 11) is 0. The van der Waals surface area contributed by atoms with Gasteiger partial charge in [-0.1, -0.05) is 72.3 Å². The van der Waals surface area contributed by atoms with Crippen LogP contribution in [0.25, 0.3) is 6.08 Å². The van der Waals surface area contributed by atoms with Gasteiger partial charge >= 0.3 is 0 Å². The van der Waals surface area contributed by atoms with Crippen molar-refractivity contribution in [1.29, 1.82) is 0 Å². The predicted octanol–water partition coefficient (Wildman–Crippen LogP) is 7.37. The monoisotopic (exact) mass is 480 g/mol. The molecule has 0 radical (unpaired) electrons. The molecular formula is C25H18Cl2N2O2S. The number of aliphatic imine (C=N–C) groups is 1. The van der Waals surface area contributed by atoms with E-state index >= 15 is 0 Å². The second kappa shape index (κ2) is 10.1. The number of halogens is 2. The number of nitrogens with zero attached hydrogens (tertiary/aromatic N) is 2. The van der Waals surface area contributed by atoms with Crippen molar-refractivity contribution < 1.29 is 9.53 Å². The molecule has 4 rings (SSSR count). The van der Waals surface area contributed by atoms with E-state index in [1.54, 1.807) is 29.2 Å². The van der Waals surface area contributed by atoms with Crippen LogP contribution < -0.4 is 9.64 Å². The van der Waals surface area contributed by atoms with E-state index in [0.29, 0.717) is 38.0 Å². The number of rotatable bonds is 6. The molecule has 1 fully saturated rings. The standard InChI is InChI=1S/C25H18Cl2N2O2S/c1-2-13-31-23-20(26)14-17(15-21(23)27)16-22-24(30)29(19-11-7-4-8-12-19)25(32-22)28-18-9-5-3-6-10-18/h2-12,14-16H,1,13H2/b22-16+,28-25?. The highest BCUT2D eigenvalue weighted by atomic mass is 35.5. The Morgan fingerprint density at radius 2 is 1.62 bits per heavy atom. The molecule has 32 heavy (non-hydrogen) atoms. The first-order valence-electron chi connectivity index (χ1n) is 9.72. The molecule has 0 saturated carbocycles. The lowest BCUT2D eigenvalue weighted by atomic mass is 10.2. The Balaban J connectivity index is 1.72. The third-order valence-corrected chi connectivity index (χ3v) is 6.00. The van der Waals surface area contributed by atoms with Gasteiger partial charge in [0.15, 0.2) is 10.9 Å². The minimum absolute atomic E-state index is 0.171. The van der Waals surface area contributed by atoms with Crippen LogP contribution in [0.2, 0.25) is 10.0 Å². The Bertz CT molecular complexity index is 1190. The van der Waals surface area contributed by atoms with E-state index in [4.69, 9.17) is 32.9 Å². The van der Waals surface area contributed by atoms with E-state index in [1.165, 1.54) is 11.8 Å². The third kappa shape index (κ3) is 4.91. The van der Waals surface area contributed by atoms with E-state index in [-0.39, 0.29) is 5.91 Å². The predicted molar refractivity (Wildman–Crippen MR) is 135 cm³/mol.